The summed E-state index contributed by atoms with van der Waals surface area (Å²) in [6, 6.07) is 17.3. The monoisotopic (exact) mass is 506 g/mol. The van der Waals surface area contributed by atoms with E-state index in [1.54, 1.807) is 0 Å². The molecule has 0 unspecified atom stereocenters. The summed E-state index contributed by atoms with van der Waals surface area (Å²) in [5.74, 6) is 4.34. The Bertz CT molecular complexity index is 859. The molecule has 0 spiro atoms. The maximum absolute atomic E-state index is 6.16. The molecule has 0 bridgehead atoms. The van der Waals surface area contributed by atoms with Crippen LogP contribution in [0.4, 0.5) is 0 Å². The smallest absolute Gasteiger partial charge is 0.119 e. The van der Waals surface area contributed by atoms with E-state index >= 15 is 0 Å². The van der Waals surface area contributed by atoms with Gasteiger partial charge in [0.25, 0.3) is 0 Å². The lowest BCUT2D eigenvalue weighted by molar-refractivity contribution is 0.00817. The Morgan fingerprint density at radius 3 is 2.00 bits per heavy atom. The Morgan fingerprint density at radius 2 is 1.30 bits per heavy atom. The van der Waals surface area contributed by atoms with Crippen molar-refractivity contribution in [3.8, 4) is 11.5 Å². The summed E-state index contributed by atoms with van der Waals surface area (Å²) < 4.78 is 18.2. The average Bonchev–Trinajstić information content (AvgIpc) is 2.94. The SMILES string of the molecule is CCCCCC1CCC(c2ccc(OCCCOC3CCC(COc4ccc(C)cc4)CC3)cc2)CC1. The summed E-state index contributed by atoms with van der Waals surface area (Å²) in [6.45, 7) is 6.74. The van der Waals surface area contributed by atoms with E-state index in [0.29, 0.717) is 12.0 Å². The van der Waals surface area contributed by atoms with E-state index in [1.807, 2.05) is 0 Å². The third kappa shape index (κ3) is 9.67. The second-order valence-corrected chi connectivity index (χ2v) is 11.6. The Hall–Kier alpha value is -2.00. The summed E-state index contributed by atoms with van der Waals surface area (Å²) in [5, 5.41) is 0. The van der Waals surface area contributed by atoms with Gasteiger partial charge in [-0.1, -0.05) is 62.4 Å². The third-order valence-corrected chi connectivity index (χ3v) is 8.63. The zero-order chi connectivity index (χ0) is 25.7. The highest BCUT2D eigenvalue weighted by atomic mass is 16.5. The molecule has 2 fully saturated rings. The number of ether oxygens (including phenoxy) is 3. The first kappa shape index (κ1) is 28.0. The lowest BCUT2D eigenvalue weighted by Gasteiger charge is -2.29. The number of unbranched alkanes of at least 4 members (excludes halogenated alkanes) is 2. The van der Waals surface area contributed by atoms with Crippen molar-refractivity contribution in [3.05, 3.63) is 59.7 Å². The highest BCUT2D eigenvalue weighted by Gasteiger charge is 2.23. The highest BCUT2D eigenvalue weighted by Crippen LogP contribution is 2.38. The molecule has 2 aromatic carbocycles. The Balaban J connectivity index is 1.03. The lowest BCUT2D eigenvalue weighted by atomic mass is 9.77. The summed E-state index contributed by atoms with van der Waals surface area (Å²) in [4.78, 5) is 0. The van der Waals surface area contributed by atoms with Crippen molar-refractivity contribution in [1.29, 1.82) is 0 Å². The van der Waals surface area contributed by atoms with Crippen LogP contribution in [0.25, 0.3) is 0 Å². The van der Waals surface area contributed by atoms with Crippen LogP contribution in [-0.4, -0.2) is 25.9 Å². The van der Waals surface area contributed by atoms with E-state index in [-0.39, 0.29) is 0 Å². The van der Waals surface area contributed by atoms with E-state index in [1.165, 1.54) is 75.3 Å². The molecule has 0 aliphatic heterocycles. The van der Waals surface area contributed by atoms with Crippen LogP contribution in [-0.2, 0) is 4.74 Å². The number of rotatable bonds is 14. The van der Waals surface area contributed by atoms with E-state index in [4.69, 9.17) is 14.2 Å². The van der Waals surface area contributed by atoms with Crippen molar-refractivity contribution >= 4 is 0 Å². The van der Waals surface area contributed by atoms with Crippen LogP contribution in [0, 0.1) is 18.8 Å². The van der Waals surface area contributed by atoms with Gasteiger partial charge in [0.2, 0.25) is 0 Å². The summed E-state index contributed by atoms with van der Waals surface area (Å²) >= 11 is 0. The summed E-state index contributed by atoms with van der Waals surface area (Å²) in [7, 11) is 0. The van der Waals surface area contributed by atoms with Crippen molar-refractivity contribution in [2.45, 2.75) is 109 Å². The van der Waals surface area contributed by atoms with Gasteiger partial charge in [0.1, 0.15) is 11.5 Å². The molecule has 3 nitrogen and oxygen atoms in total. The van der Waals surface area contributed by atoms with Crippen molar-refractivity contribution in [2.24, 2.45) is 11.8 Å². The maximum Gasteiger partial charge on any atom is 0.119 e. The molecule has 4 rings (SSSR count). The van der Waals surface area contributed by atoms with E-state index in [0.717, 1.165) is 62.4 Å². The van der Waals surface area contributed by atoms with Gasteiger partial charge in [-0.15, -0.1) is 0 Å². The molecule has 204 valence electrons. The number of hydrogen-bond donors (Lipinski definition) is 0. The van der Waals surface area contributed by atoms with Crippen molar-refractivity contribution in [3.63, 3.8) is 0 Å². The first-order chi connectivity index (χ1) is 18.2. The van der Waals surface area contributed by atoms with E-state index < -0.39 is 0 Å². The molecule has 0 saturated heterocycles. The second-order valence-electron chi connectivity index (χ2n) is 11.6. The molecule has 3 heteroatoms. The third-order valence-electron chi connectivity index (χ3n) is 8.63. The van der Waals surface area contributed by atoms with Gasteiger partial charge >= 0.3 is 0 Å². The Labute approximate surface area is 226 Å². The molecular weight excluding hydrogens is 456 g/mol. The fraction of sp³-hybridized carbons (Fsp3) is 0.647. The number of aryl methyl sites for hydroxylation is 1. The van der Waals surface area contributed by atoms with Gasteiger partial charge < -0.3 is 14.2 Å². The molecule has 0 radical (unpaired) electrons. The molecular formula is C34H50O3. The molecule has 2 aromatic rings. The molecule has 0 heterocycles. The van der Waals surface area contributed by atoms with Gasteiger partial charge in [-0.25, -0.2) is 0 Å². The predicted octanol–water partition coefficient (Wildman–Crippen LogP) is 9.27. The fourth-order valence-corrected chi connectivity index (χ4v) is 6.12. The second kappa shape index (κ2) is 15.4. The van der Waals surface area contributed by atoms with Crippen LogP contribution in [0.1, 0.15) is 107 Å². The van der Waals surface area contributed by atoms with Gasteiger partial charge in [0.05, 0.1) is 25.9 Å². The minimum absolute atomic E-state index is 0.400. The van der Waals surface area contributed by atoms with Crippen LogP contribution in [0.5, 0.6) is 11.5 Å². The molecule has 2 saturated carbocycles. The molecule has 0 aromatic heterocycles. The summed E-state index contributed by atoms with van der Waals surface area (Å²) in [6.07, 6.45) is 17.2. The van der Waals surface area contributed by atoms with Crippen LogP contribution in [0.3, 0.4) is 0 Å². The zero-order valence-electron chi connectivity index (χ0n) is 23.5. The van der Waals surface area contributed by atoms with Gasteiger partial charge in [0.15, 0.2) is 0 Å². The lowest BCUT2D eigenvalue weighted by Crippen LogP contribution is -2.25. The minimum atomic E-state index is 0.400. The summed E-state index contributed by atoms with van der Waals surface area (Å²) in [5.41, 5.74) is 2.77. The molecule has 0 atom stereocenters. The Morgan fingerprint density at radius 1 is 0.649 bits per heavy atom. The largest absolute Gasteiger partial charge is 0.494 e. The quantitative estimate of drug-likeness (QED) is 0.239. The van der Waals surface area contributed by atoms with E-state index in [9.17, 15) is 0 Å². The first-order valence-electron chi connectivity index (χ1n) is 15.2. The van der Waals surface area contributed by atoms with E-state index in [2.05, 4.69) is 62.4 Å². The average molecular weight is 507 g/mol. The maximum atomic E-state index is 6.16. The van der Waals surface area contributed by atoms with Gasteiger partial charge in [-0.2, -0.15) is 0 Å². The van der Waals surface area contributed by atoms with Crippen molar-refractivity contribution in [1.82, 2.24) is 0 Å². The normalized spacial score (nSPS) is 24.1. The topological polar surface area (TPSA) is 27.7 Å². The van der Waals surface area contributed by atoms with Crippen LogP contribution in [0.2, 0.25) is 0 Å². The fourth-order valence-electron chi connectivity index (χ4n) is 6.12. The zero-order valence-corrected chi connectivity index (χ0v) is 23.5. The highest BCUT2D eigenvalue weighted by molar-refractivity contribution is 5.30. The minimum Gasteiger partial charge on any atom is -0.494 e. The van der Waals surface area contributed by atoms with Gasteiger partial charge in [-0.05, 0) is 106 Å². The van der Waals surface area contributed by atoms with Gasteiger partial charge in [0, 0.05) is 6.42 Å². The standard InChI is InChI=1S/C34H50O3/c1-3-4-5-7-28-10-14-30(15-11-28)31-16-22-33(23-17-31)36-25-6-24-35-32-20-12-29(13-21-32)26-37-34-18-8-27(2)9-19-34/h8-9,16-19,22-23,28-30,32H,3-7,10-15,20-21,24-26H2,1-2H3. The van der Waals surface area contributed by atoms with Crippen molar-refractivity contribution < 1.29 is 14.2 Å². The van der Waals surface area contributed by atoms with Crippen molar-refractivity contribution in [2.75, 3.05) is 19.8 Å². The molecule has 2 aliphatic carbocycles. The van der Waals surface area contributed by atoms with Crippen LogP contribution < -0.4 is 9.47 Å². The first-order valence-corrected chi connectivity index (χ1v) is 15.2. The Kier molecular flexibility index (Phi) is 11.7. The molecule has 37 heavy (non-hydrogen) atoms. The van der Waals surface area contributed by atoms with Gasteiger partial charge in [-0.3, -0.25) is 0 Å². The molecule has 2 aliphatic rings. The van der Waals surface area contributed by atoms with Crippen LogP contribution >= 0.6 is 0 Å². The number of hydrogen-bond acceptors (Lipinski definition) is 3. The molecule has 0 N–H and O–H groups in total. The van der Waals surface area contributed by atoms with Crippen LogP contribution in [0.15, 0.2) is 48.5 Å². The number of benzene rings is 2. The predicted molar refractivity (Wildman–Crippen MR) is 154 cm³/mol. The molecule has 0 amide bonds.